The van der Waals surface area contributed by atoms with Crippen LogP contribution in [0.25, 0.3) is 10.9 Å². The third kappa shape index (κ3) is 1.15. The zero-order valence-corrected chi connectivity index (χ0v) is 6.86. The SMILES string of the molecule is N#CC(N)c1cccc2[nH]ncc12. The first kappa shape index (κ1) is 7.77. The molecule has 0 aliphatic carbocycles. The highest BCUT2D eigenvalue weighted by Gasteiger charge is 2.08. The lowest BCUT2D eigenvalue weighted by atomic mass is 10.1. The van der Waals surface area contributed by atoms with Gasteiger partial charge < -0.3 is 5.73 Å². The van der Waals surface area contributed by atoms with E-state index in [1.807, 2.05) is 24.3 Å². The number of rotatable bonds is 1. The largest absolute Gasteiger partial charge is 0.312 e. The average Bonchev–Trinajstić information content (AvgIpc) is 2.63. The fraction of sp³-hybridized carbons (Fsp3) is 0.111. The lowest BCUT2D eigenvalue weighted by Gasteiger charge is -2.02. The van der Waals surface area contributed by atoms with Gasteiger partial charge in [0.05, 0.1) is 17.8 Å². The standard InChI is InChI=1S/C9H8N4/c10-4-8(11)6-2-1-3-9-7(6)5-12-13-9/h1-3,5,8H,11H2,(H,12,13). The van der Waals surface area contributed by atoms with Gasteiger partial charge in [-0.15, -0.1) is 0 Å². The van der Waals surface area contributed by atoms with E-state index in [0.29, 0.717) is 0 Å². The van der Waals surface area contributed by atoms with E-state index >= 15 is 0 Å². The van der Waals surface area contributed by atoms with Crippen LogP contribution in [0.2, 0.25) is 0 Å². The molecule has 0 fully saturated rings. The molecule has 64 valence electrons. The van der Waals surface area contributed by atoms with Crippen molar-refractivity contribution in [3.63, 3.8) is 0 Å². The van der Waals surface area contributed by atoms with Crippen LogP contribution >= 0.6 is 0 Å². The predicted molar refractivity (Wildman–Crippen MR) is 48.6 cm³/mol. The molecule has 4 nitrogen and oxygen atoms in total. The quantitative estimate of drug-likeness (QED) is 0.675. The second kappa shape index (κ2) is 2.88. The predicted octanol–water partition coefficient (Wildman–Crippen LogP) is 1.09. The topological polar surface area (TPSA) is 78.5 Å². The van der Waals surface area contributed by atoms with E-state index in [-0.39, 0.29) is 0 Å². The maximum Gasteiger partial charge on any atom is 0.119 e. The van der Waals surface area contributed by atoms with Crippen molar-refractivity contribution >= 4 is 10.9 Å². The Kier molecular flexibility index (Phi) is 1.72. The van der Waals surface area contributed by atoms with Crippen LogP contribution in [-0.2, 0) is 0 Å². The van der Waals surface area contributed by atoms with E-state index in [0.717, 1.165) is 16.5 Å². The zero-order chi connectivity index (χ0) is 9.26. The molecule has 1 aromatic carbocycles. The summed E-state index contributed by atoms with van der Waals surface area (Å²) < 4.78 is 0. The molecule has 1 atom stereocenters. The summed E-state index contributed by atoms with van der Waals surface area (Å²) >= 11 is 0. The van der Waals surface area contributed by atoms with Crippen LogP contribution in [-0.4, -0.2) is 10.2 Å². The summed E-state index contributed by atoms with van der Waals surface area (Å²) in [4.78, 5) is 0. The highest BCUT2D eigenvalue weighted by Crippen LogP contribution is 2.20. The minimum Gasteiger partial charge on any atom is -0.312 e. The summed E-state index contributed by atoms with van der Waals surface area (Å²) in [7, 11) is 0. The van der Waals surface area contributed by atoms with E-state index in [1.54, 1.807) is 6.20 Å². The van der Waals surface area contributed by atoms with Gasteiger partial charge in [-0.25, -0.2) is 0 Å². The molecule has 1 unspecified atom stereocenters. The van der Waals surface area contributed by atoms with Crippen molar-refractivity contribution < 1.29 is 0 Å². The van der Waals surface area contributed by atoms with Crippen molar-refractivity contribution in [1.29, 1.82) is 5.26 Å². The summed E-state index contributed by atoms with van der Waals surface area (Å²) in [6.45, 7) is 0. The van der Waals surface area contributed by atoms with Crippen molar-refractivity contribution in [2.45, 2.75) is 6.04 Å². The molecule has 1 heterocycles. The number of hydrogen-bond donors (Lipinski definition) is 2. The Morgan fingerprint density at radius 3 is 3.15 bits per heavy atom. The number of nitrogens with zero attached hydrogens (tertiary/aromatic N) is 2. The highest BCUT2D eigenvalue weighted by atomic mass is 15.1. The van der Waals surface area contributed by atoms with Gasteiger partial charge in [0.25, 0.3) is 0 Å². The van der Waals surface area contributed by atoms with Gasteiger partial charge in [-0.2, -0.15) is 10.4 Å². The van der Waals surface area contributed by atoms with E-state index in [4.69, 9.17) is 11.0 Å². The Hall–Kier alpha value is -1.86. The number of nitriles is 1. The molecule has 0 aliphatic heterocycles. The lowest BCUT2D eigenvalue weighted by Crippen LogP contribution is -2.07. The van der Waals surface area contributed by atoms with Crippen molar-refractivity contribution in [3.8, 4) is 6.07 Å². The monoisotopic (exact) mass is 172 g/mol. The molecule has 0 bridgehead atoms. The number of nitrogens with one attached hydrogen (secondary N) is 1. The van der Waals surface area contributed by atoms with Gasteiger partial charge in [0.1, 0.15) is 6.04 Å². The van der Waals surface area contributed by atoms with Crippen LogP contribution in [0.3, 0.4) is 0 Å². The molecular formula is C9H8N4. The molecular weight excluding hydrogens is 164 g/mol. The van der Waals surface area contributed by atoms with Crippen LogP contribution in [0.1, 0.15) is 11.6 Å². The number of nitrogens with two attached hydrogens (primary N) is 1. The van der Waals surface area contributed by atoms with Crippen LogP contribution < -0.4 is 5.73 Å². The molecule has 0 saturated heterocycles. The molecule has 0 aliphatic rings. The van der Waals surface area contributed by atoms with Crippen molar-refractivity contribution in [2.24, 2.45) is 5.73 Å². The maximum absolute atomic E-state index is 8.68. The molecule has 1 aromatic heterocycles. The second-order valence-corrected chi connectivity index (χ2v) is 2.79. The van der Waals surface area contributed by atoms with Gasteiger partial charge in [-0.1, -0.05) is 12.1 Å². The average molecular weight is 172 g/mol. The van der Waals surface area contributed by atoms with Crippen LogP contribution in [0.15, 0.2) is 24.4 Å². The van der Waals surface area contributed by atoms with Crippen molar-refractivity contribution in [2.75, 3.05) is 0 Å². The number of benzene rings is 1. The minimum atomic E-state index is -0.582. The third-order valence-electron chi connectivity index (χ3n) is 1.99. The van der Waals surface area contributed by atoms with Crippen molar-refractivity contribution in [3.05, 3.63) is 30.0 Å². The number of hydrogen-bond acceptors (Lipinski definition) is 3. The fourth-order valence-electron chi connectivity index (χ4n) is 1.33. The zero-order valence-electron chi connectivity index (χ0n) is 6.86. The Morgan fingerprint density at radius 1 is 1.54 bits per heavy atom. The molecule has 2 aromatic rings. The molecule has 0 radical (unpaired) electrons. The molecule has 2 rings (SSSR count). The summed E-state index contributed by atoms with van der Waals surface area (Å²) in [6, 6.07) is 7.01. The van der Waals surface area contributed by atoms with Crippen LogP contribution in [0.4, 0.5) is 0 Å². The first-order valence-corrected chi connectivity index (χ1v) is 3.90. The summed E-state index contributed by atoms with van der Waals surface area (Å²) in [5.74, 6) is 0. The normalized spacial score (nSPS) is 12.6. The maximum atomic E-state index is 8.68. The van der Waals surface area contributed by atoms with Gasteiger partial charge >= 0.3 is 0 Å². The fourth-order valence-corrected chi connectivity index (χ4v) is 1.33. The number of fused-ring (bicyclic) bond motifs is 1. The summed E-state index contributed by atoms with van der Waals surface area (Å²) in [5, 5.41) is 16.3. The van der Waals surface area contributed by atoms with Crippen molar-refractivity contribution in [1.82, 2.24) is 10.2 Å². The van der Waals surface area contributed by atoms with Gasteiger partial charge in [-0.05, 0) is 11.6 Å². The van der Waals surface area contributed by atoms with Crippen LogP contribution in [0, 0.1) is 11.3 Å². The third-order valence-corrected chi connectivity index (χ3v) is 1.99. The molecule has 0 amide bonds. The molecule has 0 spiro atoms. The van der Waals surface area contributed by atoms with E-state index < -0.39 is 6.04 Å². The number of H-pyrrole nitrogens is 1. The van der Waals surface area contributed by atoms with Gasteiger partial charge in [0.2, 0.25) is 0 Å². The lowest BCUT2D eigenvalue weighted by molar-refractivity contribution is 0.937. The second-order valence-electron chi connectivity index (χ2n) is 2.79. The number of aromatic amines is 1. The summed E-state index contributed by atoms with van der Waals surface area (Å²) in [5.41, 5.74) is 7.34. The molecule has 3 N–H and O–H groups in total. The highest BCUT2D eigenvalue weighted by molar-refractivity contribution is 5.82. The first-order chi connectivity index (χ1) is 6.33. The molecule has 13 heavy (non-hydrogen) atoms. The smallest absolute Gasteiger partial charge is 0.119 e. The molecule has 4 heteroatoms. The minimum absolute atomic E-state index is 0.582. The Morgan fingerprint density at radius 2 is 2.38 bits per heavy atom. The van der Waals surface area contributed by atoms with Gasteiger partial charge in [-0.3, -0.25) is 5.10 Å². The summed E-state index contributed by atoms with van der Waals surface area (Å²) in [6.07, 6.45) is 1.68. The van der Waals surface area contributed by atoms with Gasteiger partial charge in [0, 0.05) is 5.39 Å². The van der Waals surface area contributed by atoms with Crippen LogP contribution in [0.5, 0.6) is 0 Å². The van der Waals surface area contributed by atoms with E-state index in [1.165, 1.54) is 0 Å². The van der Waals surface area contributed by atoms with E-state index in [9.17, 15) is 0 Å². The Bertz CT molecular complexity index is 466. The van der Waals surface area contributed by atoms with Gasteiger partial charge in [0.15, 0.2) is 0 Å². The Balaban J connectivity index is 2.69. The van der Waals surface area contributed by atoms with E-state index in [2.05, 4.69) is 10.2 Å². The molecule has 0 saturated carbocycles. The number of aromatic nitrogens is 2. The Labute approximate surface area is 75.0 Å². The first-order valence-electron chi connectivity index (χ1n) is 3.90.